The number of nitrogens with one attached hydrogen (secondary N) is 1. The van der Waals surface area contributed by atoms with Crippen molar-refractivity contribution in [1.29, 1.82) is 0 Å². The minimum atomic E-state index is -0.249. The van der Waals surface area contributed by atoms with E-state index < -0.39 is 0 Å². The monoisotopic (exact) mass is 315 g/mol. The summed E-state index contributed by atoms with van der Waals surface area (Å²) in [5.74, 6) is 0.530. The van der Waals surface area contributed by atoms with Crippen molar-refractivity contribution in [2.45, 2.75) is 26.7 Å². The van der Waals surface area contributed by atoms with E-state index in [1.54, 1.807) is 12.1 Å². The number of halogens is 1. The van der Waals surface area contributed by atoms with Crippen LogP contribution in [0.25, 0.3) is 0 Å². The van der Waals surface area contributed by atoms with Gasteiger partial charge < -0.3 is 10.1 Å². The van der Waals surface area contributed by atoms with E-state index in [0.717, 1.165) is 16.9 Å². The Bertz CT molecular complexity index is 653. The molecular weight excluding hydrogens is 293 g/mol. The molecule has 0 fully saturated rings. The SMILES string of the molecule is Cc1cccc(OCCC(=O)NCCc2ccc(F)cc2)c1C. The summed E-state index contributed by atoms with van der Waals surface area (Å²) in [6.45, 7) is 4.93. The van der Waals surface area contributed by atoms with E-state index >= 15 is 0 Å². The Hall–Kier alpha value is -2.36. The first-order valence-electron chi connectivity index (χ1n) is 7.76. The first-order valence-corrected chi connectivity index (χ1v) is 7.76. The summed E-state index contributed by atoms with van der Waals surface area (Å²) in [6.07, 6.45) is 1.00. The van der Waals surface area contributed by atoms with Gasteiger partial charge >= 0.3 is 0 Å². The molecule has 0 atom stereocenters. The summed E-state index contributed by atoms with van der Waals surface area (Å²) in [7, 11) is 0. The molecule has 0 aliphatic rings. The molecule has 1 amide bonds. The Kier molecular flexibility index (Phi) is 6.15. The highest BCUT2D eigenvalue weighted by Gasteiger charge is 2.05. The lowest BCUT2D eigenvalue weighted by atomic mass is 10.1. The summed E-state index contributed by atoms with van der Waals surface area (Å²) in [5.41, 5.74) is 3.27. The number of hydrogen-bond donors (Lipinski definition) is 1. The van der Waals surface area contributed by atoms with Gasteiger partial charge in [0.2, 0.25) is 5.91 Å². The van der Waals surface area contributed by atoms with Gasteiger partial charge in [-0.1, -0.05) is 24.3 Å². The van der Waals surface area contributed by atoms with E-state index in [2.05, 4.69) is 5.32 Å². The number of benzene rings is 2. The van der Waals surface area contributed by atoms with Crippen LogP contribution in [-0.2, 0) is 11.2 Å². The van der Waals surface area contributed by atoms with Crippen molar-refractivity contribution in [1.82, 2.24) is 5.32 Å². The predicted octanol–water partition coefficient (Wildman–Crippen LogP) is 3.57. The first-order chi connectivity index (χ1) is 11.1. The molecule has 1 N–H and O–H groups in total. The van der Waals surface area contributed by atoms with Crippen LogP contribution < -0.4 is 10.1 Å². The molecule has 0 heterocycles. The van der Waals surface area contributed by atoms with Crippen LogP contribution in [0.2, 0.25) is 0 Å². The molecule has 2 rings (SSSR count). The van der Waals surface area contributed by atoms with Crippen LogP contribution in [0.3, 0.4) is 0 Å². The van der Waals surface area contributed by atoms with Gasteiger partial charge in [0.15, 0.2) is 0 Å². The van der Waals surface area contributed by atoms with Gasteiger partial charge in [-0.15, -0.1) is 0 Å². The Morgan fingerprint density at radius 2 is 1.87 bits per heavy atom. The number of carbonyl (C=O) groups excluding carboxylic acids is 1. The zero-order valence-electron chi connectivity index (χ0n) is 13.6. The minimum absolute atomic E-state index is 0.0441. The minimum Gasteiger partial charge on any atom is -0.493 e. The molecule has 122 valence electrons. The van der Waals surface area contributed by atoms with Gasteiger partial charge in [0, 0.05) is 6.54 Å². The highest BCUT2D eigenvalue weighted by atomic mass is 19.1. The van der Waals surface area contributed by atoms with Gasteiger partial charge in [-0.25, -0.2) is 4.39 Å². The summed E-state index contributed by atoms with van der Waals surface area (Å²) in [4.78, 5) is 11.8. The summed E-state index contributed by atoms with van der Waals surface area (Å²) in [5, 5.41) is 2.85. The molecule has 0 aliphatic heterocycles. The zero-order chi connectivity index (χ0) is 16.7. The third-order valence-electron chi connectivity index (χ3n) is 3.79. The highest BCUT2D eigenvalue weighted by Crippen LogP contribution is 2.20. The van der Waals surface area contributed by atoms with Crippen molar-refractivity contribution in [2.75, 3.05) is 13.2 Å². The number of aryl methyl sites for hydroxylation is 1. The predicted molar refractivity (Wildman–Crippen MR) is 89.1 cm³/mol. The summed E-state index contributed by atoms with van der Waals surface area (Å²) in [6, 6.07) is 12.2. The molecule has 4 heteroatoms. The second-order valence-corrected chi connectivity index (χ2v) is 5.52. The fraction of sp³-hybridized carbons (Fsp3) is 0.316. The van der Waals surface area contributed by atoms with Crippen LogP contribution >= 0.6 is 0 Å². The van der Waals surface area contributed by atoms with Crippen molar-refractivity contribution in [3.63, 3.8) is 0 Å². The van der Waals surface area contributed by atoms with Crippen LogP contribution in [0, 0.1) is 19.7 Å². The second kappa shape index (κ2) is 8.32. The van der Waals surface area contributed by atoms with Gasteiger partial charge in [0.25, 0.3) is 0 Å². The van der Waals surface area contributed by atoms with E-state index in [9.17, 15) is 9.18 Å². The van der Waals surface area contributed by atoms with Gasteiger partial charge in [0.1, 0.15) is 11.6 Å². The van der Waals surface area contributed by atoms with E-state index in [0.29, 0.717) is 26.0 Å². The Balaban J connectivity index is 1.67. The van der Waals surface area contributed by atoms with Crippen LogP contribution in [-0.4, -0.2) is 19.1 Å². The van der Waals surface area contributed by atoms with E-state index in [4.69, 9.17) is 4.74 Å². The molecular formula is C19H22FNO2. The topological polar surface area (TPSA) is 38.3 Å². The fourth-order valence-corrected chi connectivity index (χ4v) is 2.22. The van der Waals surface area contributed by atoms with E-state index in [1.165, 1.54) is 17.7 Å². The van der Waals surface area contributed by atoms with Crippen LogP contribution in [0.15, 0.2) is 42.5 Å². The van der Waals surface area contributed by atoms with E-state index in [1.807, 2.05) is 32.0 Å². The average molecular weight is 315 g/mol. The number of carbonyl (C=O) groups is 1. The van der Waals surface area contributed by atoms with Gasteiger partial charge in [-0.2, -0.15) is 0 Å². The lowest BCUT2D eigenvalue weighted by Gasteiger charge is -2.11. The molecule has 2 aromatic carbocycles. The largest absolute Gasteiger partial charge is 0.493 e. The smallest absolute Gasteiger partial charge is 0.223 e. The number of rotatable bonds is 7. The normalized spacial score (nSPS) is 10.4. The molecule has 0 aromatic heterocycles. The van der Waals surface area contributed by atoms with Crippen molar-refractivity contribution in [2.24, 2.45) is 0 Å². The van der Waals surface area contributed by atoms with Crippen LogP contribution in [0.1, 0.15) is 23.1 Å². The molecule has 0 saturated carbocycles. The molecule has 0 aliphatic carbocycles. The third-order valence-corrected chi connectivity index (χ3v) is 3.79. The average Bonchev–Trinajstić information content (AvgIpc) is 2.53. The van der Waals surface area contributed by atoms with Gasteiger partial charge in [-0.3, -0.25) is 4.79 Å². The maximum Gasteiger partial charge on any atom is 0.223 e. The fourth-order valence-electron chi connectivity index (χ4n) is 2.22. The van der Waals surface area contributed by atoms with Crippen molar-refractivity contribution in [3.8, 4) is 5.75 Å². The molecule has 3 nitrogen and oxygen atoms in total. The Morgan fingerprint density at radius 1 is 1.13 bits per heavy atom. The molecule has 0 bridgehead atoms. The number of amides is 1. The molecule has 0 radical (unpaired) electrons. The molecule has 23 heavy (non-hydrogen) atoms. The second-order valence-electron chi connectivity index (χ2n) is 5.52. The lowest BCUT2D eigenvalue weighted by molar-refractivity contribution is -0.121. The number of hydrogen-bond acceptors (Lipinski definition) is 2. The molecule has 0 saturated heterocycles. The molecule has 0 spiro atoms. The van der Waals surface area contributed by atoms with Crippen molar-refractivity contribution in [3.05, 3.63) is 65.0 Å². The van der Waals surface area contributed by atoms with Gasteiger partial charge in [0.05, 0.1) is 13.0 Å². The maximum atomic E-state index is 12.8. The summed E-state index contributed by atoms with van der Waals surface area (Å²) >= 11 is 0. The zero-order valence-corrected chi connectivity index (χ0v) is 13.6. The molecule has 0 unspecified atom stereocenters. The Labute approximate surface area is 136 Å². The standard InChI is InChI=1S/C19H22FNO2/c1-14-4-3-5-18(15(14)2)23-13-11-19(22)21-12-10-16-6-8-17(20)9-7-16/h3-9H,10-13H2,1-2H3,(H,21,22). The Morgan fingerprint density at radius 3 is 2.61 bits per heavy atom. The number of ether oxygens (including phenoxy) is 1. The molecule has 2 aromatic rings. The van der Waals surface area contributed by atoms with Crippen molar-refractivity contribution < 1.29 is 13.9 Å². The lowest BCUT2D eigenvalue weighted by Crippen LogP contribution is -2.27. The summed E-state index contributed by atoms with van der Waals surface area (Å²) < 4.78 is 18.4. The first kappa shape index (κ1) is 17.0. The van der Waals surface area contributed by atoms with E-state index in [-0.39, 0.29) is 11.7 Å². The third kappa shape index (κ3) is 5.40. The van der Waals surface area contributed by atoms with Gasteiger partial charge in [-0.05, 0) is 55.2 Å². The van der Waals surface area contributed by atoms with Crippen molar-refractivity contribution >= 4 is 5.91 Å². The maximum absolute atomic E-state index is 12.8. The quantitative estimate of drug-likeness (QED) is 0.848. The highest BCUT2D eigenvalue weighted by molar-refractivity contribution is 5.76. The van der Waals surface area contributed by atoms with Crippen LogP contribution in [0.5, 0.6) is 5.75 Å². The van der Waals surface area contributed by atoms with Crippen LogP contribution in [0.4, 0.5) is 4.39 Å².